The van der Waals surface area contributed by atoms with E-state index in [0.29, 0.717) is 0 Å². The highest BCUT2D eigenvalue weighted by Gasteiger charge is 2.52. The summed E-state index contributed by atoms with van der Waals surface area (Å²) in [7, 11) is -6.67. The van der Waals surface area contributed by atoms with E-state index in [4.69, 9.17) is 4.74 Å². The van der Waals surface area contributed by atoms with E-state index < -0.39 is 19.7 Å². The largest absolute Gasteiger partial charge is 0.457 e. The Bertz CT molecular complexity index is 2520. The van der Waals surface area contributed by atoms with Gasteiger partial charge in [0.15, 0.2) is 14.3 Å². The second-order valence-corrected chi connectivity index (χ2v) is 19.4. The summed E-state index contributed by atoms with van der Waals surface area (Å²) in [5.74, 6) is 1.52. The van der Waals surface area contributed by atoms with Gasteiger partial charge in [-0.1, -0.05) is 182 Å². The molecule has 0 unspecified atom stereocenters. The Kier molecular flexibility index (Phi) is 7.60. The quantitative estimate of drug-likeness (QED) is 0.160. The maximum absolute atomic E-state index is 15.9. The summed E-state index contributed by atoms with van der Waals surface area (Å²) >= 11 is 0. The van der Waals surface area contributed by atoms with Crippen molar-refractivity contribution in [1.29, 1.82) is 0 Å². The van der Waals surface area contributed by atoms with Crippen LogP contribution in [0.4, 0.5) is 0 Å². The molecule has 2 aliphatic rings. The number of fused-ring (bicyclic) bond motifs is 9. The molecule has 54 heavy (non-hydrogen) atoms. The predicted molar refractivity (Wildman–Crippen MR) is 223 cm³/mol. The molecule has 1 aliphatic carbocycles. The molecule has 10 rings (SSSR count). The van der Waals surface area contributed by atoms with Gasteiger partial charge < -0.3 is 13.9 Å². The van der Waals surface area contributed by atoms with Crippen molar-refractivity contribution in [1.82, 2.24) is 0 Å². The van der Waals surface area contributed by atoms with Crippen LogP contribution >= 0.6 is 14.3 Å². The van der Waals surface area contributed by atoms with Gasteiger partial charge in [0, 0.05) is 43.0 Å². The Morgan fingerprint density at radius 2 is 0.630 bits per heavy atom. The van der Waals surface area contributed by atoms with Gasteiger partial charge in [0.25, 0.3) is 0 Å². The highest BCUT2D eigenvalue weighted by Crippen LogP contribution is 2.63. The van der Waals surface area contributed by atoms with Crippen LogP contribution in [0.3, 0.4) is 0 Å². The highest BCUT2D eigenvalue weighted by atomic mass is 31.2. The minimum absolute atomic E-state index is 0.756. The van der Waals surface area contributed by atoms with Gasteiger partial charge in [0.2, 0.25) is 0 Å². The Hall–Kier alpha value is -5.98. The van der Waals surface area contributed by atoms with Gasteiger partial charge in [-0.05, 0) is 46.5 Å². The molecule has 0 fully saturated rings. The minimum atomic E-state index is -3.33. The summed E-state index contributed by atoms with van der Waals surface area (Å²) in [5, 5.41) is 4.63. The van der Waals surface area contributed by atoms with Gasteiger partial charge in [-0.2, -0.15) is 0 Å². The molecule has 0 saturated heterocycles. The average molecular weight is 733 g/mol. The van der Waals surface area contributed by atoms with E-state index in [1.165, 1.54) is 0 Å². The van der Waals surface area contributed by atoms with Crippen molar-refractivity contribution in [2.75, 3.05) is 0 Å². The second-order valence-electron chi connectivity index (χ2n) is 13.9. The Morgan fingerprint density at radius 3 is 0.981 bits per heavy atom. The zero-order valence-corrected chi connectivity index (χ0v) is 31.0. The molecule has 0 bridgehead atoms. The van der Waals surface area contributed by atoms with Crippen LogP contribution in [-0.4, -0.2) is 0 Å². The molecule has 5 heteroatoms. The highest BCUT2D eigenvalue weighted by molar-refractivity contribution is 7.85. The third-order valence-corrected chi connectivity index (χ3v) is 17.2. The standard InChI is InChI=1S/C49H34O3P2/c50-53(35-17-5-1-6-18-35,36-19-7-2-8-20-36)39-29-31-41-42-32-30-40(54(51,37-21-9-3-10-22-37)38-23-11-4-12-24-38)34-46(42)49(45(41)33-39)43-25-13-15-27-47(43)52-48-28-16-14-26-44(48)49/h1-34H. The van der Waals surface area contributed by atoms with Crippen molar-refractivity contribution in [2.24, 2.45) is 0 Å². The maximum atomic E-state index is 15.9. The average Bonchev–Trinajstić information content (AvgIpc) is 3.53. The molecule has 0 atom stereocenters. The number of hydrogen-bond donors (Lipinski definition) is 0. The van der Waals surface area contributed by atoms with Gasteiger partial charge >= 0.3 is 0 Å². The van der Waals surface area contributed by atoms with Crippen molar-refractivity contribution in [3.63, 3.8) is 0 Å². The number of rotatable bonds is 6. The zero-order valence-electron chi connectivity index (χ0n) is 29.2. The third kappa shape index (κ3) is 4.62. The fourth-order valence-electron chi connectivity index (χ4n) is 8.71. The lowest BCUT2D eigenvalue weighted by molar-refractivity contribution is 0.436. The smallest absolute Gasteiger partial charge is 0.171 e. The summed E-state index contributed by atoms with van der Waals surface area (Å²) in [6, 6.07) is 68.5. The fraction of sp³-hybridized carbons (Fsp3) is 0.0204. The SMILES string of the molecule is O=P(c1ccccc1)(c1ccccc1)c1ccc2c(c1)C1(c3ccccc3Oc3ccccc31)c1cc(P(=O)(c3ccccc3)c3ccccc3)ccc1-2. The molecular weight excluding hydrogens is 698 g/mol. The van der Waals surface area contributed by atoms with E-state index in [9.17, 15) is 0 Å². The van der Waals surface area contributed by atoms with Crippen molar-refractivity contribution in [2.45, 2.75) is 5.41 Å². The van der Waals surface area contributed by atoms with Gasteiger partial charge in [-0.25, -0.2) is 0 Å². The summed E-state index contributed by atoms with van der Waals surface area (Å²) < 4.78 is 38.4. The fourth-order valence-corrected chi connectivity index (χ4v) is 14.1. The number of benzene rings is 8. The van der Waals surface area contributed by atoms with Crippen molar-refractivity contribution in [3.8, 4) is 22.6 Å². The van der Waals surface area contributed by atoms with E-state index in [1.807, 2.05) is 158 Å². The third-order valence-electron chi connectivity index (χ3n) is 11.1. The summed E-state index contributed by atoms with van der Waals surface area (Å²) in [4.78, 5) is 0. The van der Waals surface area contributed by atoms with Crippen LogP contribution in [-0.2, 0) is 14.5 Å². The first-order chi connectivity index (χ1) is 26.5. The van der Waals surface area contributed by atoms with Gasteiger partial charge in [-0.3, -0.25) is 0 Å². The first kappa shape index (κ1) is 32.7. The van der Waals surface area contributed by atoms with Crippen LogP contribution in [0.2, 0.25) is 0 Å². The van der Waals surface area contributed by atoms with Crippen LogP contribution in [0.5, 0.6) is 11.5 Å². The van der Waals surface area contributed by atoms with Gasteiger partial charge in [0.1, 0.15) is 11.5 Å². The maximum Gasteiger partial charge on any atom is 0.171 e. The van der Waals surface area contributed by atoms with E-state index in [1.54, 1.807) is 0 Å². The van der Waals surface area contributed by atoms with Crippen LogP contribution in [0, 0.1) is 0 Å². The summed E-state index contributed by atoms with van der Waals surface area (Å²) in [6.07, 6.45) is 0. The summed E-state index contributed by atoms with van der Waals surface area (Å²) in [5.41, 5.74) is 5.26. The van der Waals surface area contributed by atoms with Crippen LogP contribution in [0.15, 0.2) is 206 Å². The second kappa shape index (κ2) is 12.6. The number of hydrogen-bond acceptors (Lipinski definition) is 3. The molecule has 1 aliphatic heterocycles. The topological polar surface area (TPSA) is 43.4 Å². The molecule has 0 amide bonds. The zero-order chi connectivity index (χ0) is 36.3. The normalized spacial score (nSPS) is 13.6. The van der Waals surface area contributed by atoms with Crippen LogP contribution < -0.4 is 36.6 Å². The molecule has 258 valence electrons. The van der Waals surface area contributed by atoms with Crippen molar-refractivity contribution in [3.05, 3.63) is 229 Å². The molecular formula is C49H34O3P2. The monoisotopic (exact) mass is 732 g/mol. The predicted octanol–water partition coefficient (Wildman–Crippen LogP) is 9.43. The minimum Gasteiger partial charge on any atom is -0.457 e. The molecule has 0 aromatic heterocycles. The first-order valence-electron chi connectivity index (χ1n) is 18.1. The van der Waals surface area contributed by atoms with E-state index in [0.717, 1.165) is 76.7 Å². The summed E-state index contributed by atoms with van der Waals surface area (Å²) in [6.45, 7) is 0. The van der Waals surface area contributed by atoms with Crippen molar-refractivity contribution >= 4 is 46.1 Å². The van der Waals surface area contributed by atoms with E-state index in [-0.39, 0.29) is 0 Å². The lowest BCUT2D eigenvalue weighted by Gasteiger charge is -2.39. The molecule has 1 spiro atoms. The van der Waals surface area contributed by atoms with E-state index >= 15 is 9.13 Å². The lowest BCUT2D eigenvalue weighted by Crippen LogP contribution is -2.34. The molecule has 0 radical (unpaired) electrons. The van der Waals surface area contributed by atoms with Crippen molar-refractivity contribution < 1.29 is 13.9 Å². The Balaban J connectivity index is 1.31. The number of ether oxygens (including phenoxy) is 1. The Labute approximate surface area is 315 Å². The Morgan fingerprint density at radius 1 is 0.315 bits per heavy atom. The van der Waals surface area contributed by atoms with Gasteiger partial charge in [-0.15, -0.1) is 0 Å². The molecule has 0 N–H and O–H groups in total. The molecule has 8 aromatic carbocycles. The molecule has 3 nitrogen and oxygen atoms in total. The van der Waals surface area contributed by atoms with Gasteiger partial charge in [0.05, 0.1) is 5.41 Å². The van der Waals surface area contributed by atoms with Crippen LogP contribution in [0.1, 0.15) is 22.3 Å². The first-order valence-corrected chi connectivity index (χ1v) is 21.6. The number of para-hydroxylation sites is 2. The molecule has 8 aromatic rings. The van der Waals surface area contributed by atoms with E-state index in [2.05, 4.69) is 48.5 Å². The van der Waals surface area contributed by atoms with Crippen LogP contribution in [0.25, 0.3) is 11.1 Å². The lowest BCUT2D eigenvalue weighted by atomic mass is 9.66. The molecule has 1 heterocycles. The molecule has 0 saturated carbocycles.